The van der Waals surface area contributed by atoms with Crippen LogP contribution in [-0.4, -0.2) is 5.11 Å². The third-order valence-electron chi connectivity index (χ3n) is 5.55. The second-order valence-electron chi connectivity index (χ2n) is 7.68. The molecule has 5 aromatic rings. The molecule has 0 fully saturated rings. The number of aromatic hydroxyl groups is 1. The first-order valence-electron chi connectivity index (χ1n) is 10.7. The number of hydrogen-bond acceptors (Lipinski definition) is 2. The smallest absolute Gasteiger partial charge is 0.117 e. The summed E-state index contributed by atoms with van der Waals surface area (Å²) in [7, 11) is 0. The normalized spacial score (nSPS) is 10.6. The molecular weight excluding hydrogens is 390 g/mol. The SMILES string of the molecule is Oc1cccc(N(c2ccc(-c3ccccc3)cc2)c2ccc(-c3ccccc3)cc2)c1. The van der Waals surface area contributed by atoms with Gasteiger partial charge in [-0.25, -0.2) is 0 Å². The van der Waals surface area contributed by atoms with E-state index in [0.717, 1.165) is 17.1 Å². The van der Waals surface area contributed by atoms with Crippen LogP contribution >= 0.6 is 0 Å². The molecule has 0 aliphatic rings. The maximum atomic E-state index is 10.1. The minimum absolute atomic E-state index is 0.245. The van der Waals surface area contributed by atoms with Crippen molar-refractivity contribution in [1.29, 1.82) is 0 Å². The summed E-state index contributed by atoms with van der Waals surface area (Å²) in [5.41, 5.74) is 7.69. The molecule has 0 saturated carbocycles. The monoisotopic (exact) mass is 413 g/mol. The Labute approximate surface area is 188 Å². The van der Waals surface area contributed by atoms with E-state index in [1.165, 1.54) is 22.3 Å². The molecule has 0 bridgehead atoms. The van der Waals surface area contributed by atoms with Crippen molar-refractivity contribution >= 4 is 17.1 Å². The summed E-state index contributed by atoms with van der Waals surface area (Å²) in [5.74, 6) is 0.245. The Kier molecular flexibility index (Phi) is 5.42. The van der Waals surface area contributed by atoms with Gasteiger partial charge >= 0.3 is 0 Å². The van der Waals surface area contributed by atoms with Gasteiger partial charge in [-0.1, -0.05) is 91.0 Å². The Balaban J connectivity index is 1.54. The van der Waals surface area contributed by atoms with E-state index in [-0.39, 0.29) is 5.75 Å². The van der Waals surface area contributed by atoms with Crippen LogP contribution in [0.5, 0.6) is 5.75 Å². The zero-order valence-corrected chi connectivity index (χ0v) is 17.6. The Morgan fingerprint density at radius 1 is 0.375 bits per heavy atom. The molecule has 0 heterocycles. The zero-order valence-electron chi connectivity index (χ0n) is 17.6. The van der Waals surface area contributed by atoms with Crippen molar-refractivity contribution in [3.05, 3.63) is 133 Å². The van der Waals surface area contributed by atoms with Crippen LogP contribution < -0.4 is 4.90 Å². The van der Waals surface area contributed by atoms with E-state index in [9.17, 15) is 5.11 Å². The molecule has 0 aromatic heterocycles. The van der Waals surface area contributed by atoms with Crippen molar-refractivity contribution in [3.8, 4) is 28.0 Å². The standard InChI is InChI=1S/C30H23NO/c32-30-13-7-12-29(22-30)31(27-18-14-25(15-19-27)23-8-3-1-4-9-23)28-20-16-26(17-21-28)24-10-5-2-6-11-24/h1-22,32H. The van der Waals surface area contributed by atoms with E-state index >= 15 is 0 Å². The fraction of sp³-hybridized carbons (Fsp3) is 0. The number of benzene rings is 5. The van der Waals surface area contributed by atoms with Crippen LogP contribution in [0.15, 0.2) is 133 Å². The molecule has 154 valence electrons. The number of phenols is 1. The molecule has 0 unspecified atom stereocenters. The number of hydrogen-bond donors (Lipinski definition) is 1. The van der Waals surface area contributed by atoms with Gasteiger partial charge in [0.2, 0.25) is 0 Å². The van der Waals surface area contributed by atoms with E-state index < -0.39 is 0 Å². The van der Waals surface area contributed by atoms with Gasteiger partial charge in [-0.2, -0.15) is 0 Å². The average molecular weight is 414 g/mol. The van der Waals surface area contributed by atoms with Crippen LogP contribution in [0, 0.1) is 0 Å². The molecule has 2 heteroatoms. The maximum absolute atomic E-state index is 10.1. The Hall–Kier alpha value is -4.30. The van der Waals surface area contributed by atoms with E-state index in [4.69, 9.17) is 0 Å². The largest absolute Gasteiger partial charge is 0.508 e. The lowest BCUT2D eigenvalue weighted by Gasteiger charge is -2.26. The molecule has 0 amide bonds. The van der Waals surface area contributed by atoms with Crippen LogP contribution in [0.4, 0.5) is 17.1 Å². The highest BCUT2D eigenvalue weighted by molar-refractivity contribution is 5.80. The first-order valence-corrected chi connectivity index (χ1v) is 10.7. The molecule has 0 atom stereocenters. The van der Waals surface area contributed by atoms with Crippen LogP contribution in [-0.2, 0) is 0 Å². The maximum Gasteiger partial charge on any atom is 0.117 e. The molecule has 2 nitrogen and oxygen atoms in total. The lowest BCUT2D eigenvalue weighted by molar-refractivity contribution is 0.475. The topological polar surface area (TPSA) is 23.5 Å². The summed E-state index contributed by atoms with van der Waals surface area (Å²) in [6.07, 6.45) is 0. The molecule has 0 aliphatic heterocycles. The Bertz CT molecular complexity index is 1210. The number of anilines is 3. The van der Waals surface area contributed by atoms with Gasteiger partial charge in [0, 0.05) is 23.1 Å². The second-order valence-corrected chi connectivity index (χ2v) is 7.68. The van der Waals surface area contributed by atoms with Gasteiger partial charge < -0.3 is 10.0 Å². The molecule has 5 aromatic carbocycles. The van der Waals surface area contributed by atoms with Crippen molar-refractivity contribution in [3.63, 3.8) is 0 Å². The molecule has 1 N–H and O–H groups in total. The highest BCUT2D eigenvalue weighted by Gasteiger charge is 2.13. The van der Waals surface area contributed by atoms with Gasteiger partial charge in [-0.15, -0.1) is 0 Å². The molecule has 32 heavy (non-hydrogen) atoms. The Morgan fingerprint density at radius 2 is 0.812 bits per heavy atom. The summed E-state index contributed by atoms with van der Waals surface area (Å²) < 4.78 is 0. The summed E-state index contributed by atoms with van der Waals surface area (Å²) in [4.78, 5) is 2.16. The van der Waals surface area contributed by atoms with Gasteiger partial charge in [-0.3, -0.25) is 0 Å². The van der Waals surface area contributed by atoms with E-state index in [1.807, 2.05) is 24.3 Å². The lowest BCUT2D eigenvalue weighted by Crippen LogP contribution is -2.09. The fourth-order valence-corrected chi connectivity index (χ4v) is 3.95. The molecule has 0 spiro atoms. The van der Waals surface area contributed by atoms with Crippen LogP contribution in [0.3, 0.4) is 0 Å². The molecule has 0 saturated heterocycles. The molecule has 5 rings (SSSR count). The number of nitrogens with zero attached hydrogens (tertiary/aromatic N) is 1. The Morgan fingerprint density at radius 3 is 1.25 bits per heavy atom. The van der Waals surface area contributed by atoms with Gasteiger partial charge in [-0.05, 0) is 58.7 Å². The number of rotatable bonds is 5. The van der Waals surface area contributed by atoms with Gasteiger partial charge in [0.15, 0.2) is 0 Å². The third-order valence-corrected chi connectivity index (χ3v) is 5.55. The third kappa shape index (κ3) is 4.12. The predicted octanol–water partition coefficient (Wildman–Crippen LogP) is 8.20. The summed E-state index contributed by atoms with van der Waals surface area (Å²) in [6, 6.07) is 45.1. The minimum atomic E-state index is 0.245. The van der Waals surface area contributed by atoms with Crippen LogP contribution in [0.25, 0.3) is 22.3 Å². The molecule has 0 aliphatic carbocycles. The second kappa shape index (κ2) is 8.83. The number of phenolic OH excluding ortho intramolecular Hbond substituents is 1. The van der Waals surface area contributed by atoms with Crippen molar-refractivity contribution in [2.24, 2.45) is 0 Å². The van der Waals surface area contributed by atoms with Crippen molar-refractivity contribution in [1.82, 2.24) is 0 Å². The average Bonchev–Trinajstić information content (AvgIpc) is 2.86. The van der Waals surface area contributed by atoms with Crippen molar-refractivity contribution in [2.75, 3.05) is 4.90 Å². The van der Waals surface area contributed by atoms with Gasteiger partial charge in [0.05, 0.1) is 0 Å². The van der Waals surface area contributed by atoms with Crippen LogP contribution in [0.1, 0.15) is 0 Å². The minimum Gasteiger partial charge on any atom is -0.508 e. The molecule has 0 radical (unpaired) electrons. The summed E-state index contributed by atoms with van der Waals surface area (Å²) >= 11 is 0. The van der Waals surface area contributed by atoms with E-state index in [0.29, 0.717) is 0 Å². The molecular formula is C30H23NO. The van der Waals surface area contributed by atoms with E-state index in [2.05, 4.69) is 102 Å². The van der Waals surface area contributed by atoms with Crippen molar-refractivity contribution in [2.45, 2.75) is 0 Å². The quantitative estimate of drug-likeness (QED) is 0.314. The summed E-state index contributed by atoms with van der Waals surface area (Å²) in [5, 5.41) is 10.1. The van der Waals surface area contributed by atoms with Crippen LogP contribution in [0.2, 0.25) is 0 Å². The summed E-state index contributed by atoms with van der Waals surface area (Å²) in [6.45, 7) is 0. The highest BCUT2D eigenvalue weighted by atomic mass is 16.3. The van der Waals surface area contributed by atoms with Gasteiger partial charge in [0.1, 0.15) is 5.75 Å². The van der Waals surface area contributed by atoms with Gasteiger partial charge in [0.25, 0.3) is 0 Å². The predicted molar refractivity (Wildman–Crippen MR) is 134 cm³/mol. The van der Waals surface area contributed by atoms with Crippen molar-refractivity contribution < 1.29 is 5.11 Å². The lowest BCUT2D eigenvalue weighted by atomic mass is 10.0. The van der Waals surface area contributed by atoms with E-state index in [1.54, 1.807) is 12.1 Å². The first-order chi connectivity index (χ1) is 15.8. The zero-order chi connectivity index (χ0) is 21.8. The first kappa shape index (κ1) is 19.7. The highest BCUT2D eigenvalue weighted by Crippen LogP contribution is 2.37. The fourth-order valence-electron chi connectivity index (χ4n) is 3.95.